The summed E-state index contributed by atoms with van der Waals surface area (Å²) >= 11 is 0. The molecule has 0 bridgehead atoms. The van der Waals surface area contributed by atoms with Crippen LogP contribution in [0.4, 0.5) is 5.95 Å². The van der Waals surface area contributed by atoms with Crippen molar-refractivity contribution in [3.63, 3.8) is 0 Å². The molecule has 148 valence electrons. The fourth-order valence-corrected chi connectivity index (χ4v) is 3.08. The highest BCUT2D eigenvalue weighted by molar-refractivity contribution is 5.93. The Balaban J connectivity index is 1.34. The van der Waals surface area contributed by atoms with Crippen molar-refractivity contribution < 1.29 is 14.0 Å². The van der Waals surface area contributed by atoms with Crippen molar-refractivity contribution in [2.24, 2.45) is 0 Å². The minimum atomic E-state index is -0.179. The molecule has 0 unspecified atom stereocenters. The van der Waals surface area contributed by atoms with E-state index >= 15 is 0 Å². The fraction of sp³-hybridized carbons (Fsp3) is 0.250. The van der Waals surface area contributed by atoms with E-state index in [2.05, 4.69) is 20.3 Å². The molecule has 0 saturated carbocycles. The number of nitrogens with one attached hydrogen (secondary N) is 1. The molecule has 1 N–H and O–H groups in total. The Morgan fingerprint density at radius 1 is 1.00 bits per heavy atom. The van der Waals surface area contributed by atoms with E-state index in [9.17, 15) is 9.59 Å². The predicted octanol–water partition coefficient (Wildman–Crippen LogP) is 1.67. The Kier molecular flexibility index (Phi) is 5.46. The lowest BCUT2D eigenvalue weighted by Gasteiger charge is -2.34. The third-order valence-electron chi connectivity index (χ3n) is 4.63. The van der Waals surface area contributed by atoms with Gasteiger partial charge in [0.15, 0.2) is 5.76 Å². The lowest BCUT2D eigenvalue weighted by molar-refractivity contribution is 0.0515. The van der Waals surface area contributed by atoms with E-state index in [1.807, 2.05) is 12.1 Å². The first-order chi connectivity index (χ1) is 14.2. The highest BCUT2D eigenvalue weighted by Gasteiger charge is 2.27. The van der Waals surface area contributed by atoms with Gasteiger partial charge in [-0.3, -0.25) is 14.6 Å². The number of pyridine rings is 1. The molecular formula is C20H20N6O3. The summed E-state index contributed by atoms with van der Waals surface area (Å²) in [5, 5.41) is 3.10. The van der Waals surface area contributed by atoms with Crippen molar-refractivity contribution >= 4 is 17.8 Å². The van der Waals surface area contributed by atoms with E-state index in [-0.39, 0.29) is 11.8 Å². The van der Waals surface area contributed by atoms with Crippen molar-refractivity contribution in [1.82, 2.24) is 24.8 Å². The molecule has 9 heteroatoms. The molecule has 1 fully saturated rings. The van der Waals surface area contributed by atoms with Gasteiger partial charge in [-0.2, -0.15) is 0 Å². The zero-order valence-electron chi connectivity index (χ0n) is 15.7. The summed E-state index contributed by atoms with van der Waals surface area (Å²) in [5.74, 6) is 0.351. The summed E-state index contributed by atoms with van der Waals surface area (Å²) in [5.41, 5.74) is 1.31. The third kappa shape index (κ3) is 4.40. The molecule has 3 aromatic heterocycles. The molecule has 0 atom stereocenters. The number of amides is 2. The van der Waals surface area contributed by atoms with Crippen LogP contribution in [0.3, 0.4) is 0 Å². The first kappa shape index (κ1) is 18.6. The Morgan fingerprint density at radius 2 is 1.79 bits per heavy atom. The maximum atomic E-state index is 12.8. The van der Waals surface area contributed by atoms with Gasteiger partial charge >= 0.3 is 0 Å². The smallest absolute Gasteiger partial charge is 0.289 e. The molecule has 4 heterocycles. The van der Waals surface area contributed by atoms with Gasteiger partial charge in [-0.25, -0.2) is 9.97 Å². The summed E-state index contributed by atoms with van der Waals surface area (Å²) in [7, 11) is 0. The molecule has 0 aromatic carbocycles. The van der Waals surface area contributed by atoms with Gasteiger partial charge in [0.25, 0.3) is 11.8 Å². The normalized spacial score (nSPS) is 13.9. The summed E-state index contributed by atoms with van der Waals surface area (Å²) in [4.78, 5) is 41.1. The van der Waals surface area contributed by atoms with Crippen molar-refractivity contribution in [1.29, 1.82) is 0 Å². The molecule has 4 rings (SSSR count). The van der Waals surface area contributed by atoms with Gasteiger partial charge in [0.1, 0.15) is 5.69 Å². The number of rotatable bonds is 5. The minimum Gasteiger partial charge on any atom is -0.459 e. The molecule has 0 aliphatic carbocycles. The summed E-state index contributed by atoms with van der Waals surface area (Å²) in [6.45, 7) is 2.28. The monoisotopic (exact) mass is 392 g/mol. The van der Waals surface area contributed by atoms with E-state index in [1.165, 1.54) is 6.26 Å². The Labute approximate surface area is 167 Å². The highest BCUT2D eigenvalue weighted by atomic mass is 16.3. The number of anilines is 1. The van der Waals surface area contributed by atoms with Crippen molar-refractivity contribution in [2.45, 2.75) is 6.54 Å². The molecule has 0 radical (unpaired) electrons. The molecule has 1 saturated heterocycles. The number of carbonyl (C=O) groups is 2. The second-order valence-corrected chi connectivity index (χ2v) is 6.54. The first-order valence-corrected chi connectivity index (χ1v) is 9.28. The number of aromatic nitrogens is 3. The van der Waals surface area contributed by atoms with Crippen molar-refractivity contribution in [3.05, 3.63) is 72.2 Å². The zero-order valence-corrected chi connectivity index (χ0v) is 15.7. The number of hydrogen-bond acceptors (Lipinski definition) is 7. The van der Waals surface area contributed by atoms with E-state index in [0.717, 1.165) is 5.56 Å². The van der Waals surface area contributed by atoms with E-state index < -0.39 is 0 Å². The second kappa shape index (κ2) is 8.51. The maximum Gasteiger partial charge on any atom is 0.289 e. The molecule has 29 heavy (non-hydrogen) atoms. The first-order valence-electron chi connectivity index (χ1n) is 9.28. The molecule has 9 nitrogen and oxygen atoms in total. The van der Waals surface area contributed by atoms with Crippen LogP contribution in [0, 0.1) is 0 Å². The van der Waals surface area contributed by atoms with Gasteiger partial charge in [0.05, 0.1) is 6.26 Å². The van der Waals surface area contributed by atoms with E-state index in [1.54, 1.807) is 46.6 Å². The van der Waals surface area contributed by atoms with Gasteiger partial charge in [0, 0.05) is 51.3 Å². The summed E-state index contributed by atoms with van der Waals surface area (Å²) in [6, 6.07) is 8.72. The molecule has 2 amide bonds. The van der Waals surface area contributed by atoms with Crippen LogP contribution in [0.5, 0.6) is 0 Å². The zero-order chi connectivity index (χ0) is 20.1. The van der Waals surface area contributed by atoms with Gasteiger partial charge in [-0.15, -0.1) is 0 Å². The minimum absolute atomic E-state index is 0.161. The average molecular weight is 392 g/mol. The van der Waals surface area contributed by atoms with Crippen molar-refractivity contribution in [2.75, 3.05) is 31.5 Å². The Hall–Kier alpha value is -3.75. The molecule has 1 aliphatic heterocycles. The summed E-state index contributed by atoms with van der Waals surface area (Å²) < 4.78 is 5.16. The van der Waals surface area contributed by atoms with Crippen LogP contribution in [0.1, 0.15) is 26.6 Å². The van der Waals surface area contributed by atoms with Crippen LogP contribution in [0.25, 0.3) is 0 Å². The SMILES string of the molecule is O=C(c1ccnc(NCc2cccnc2)n1)N1CCN(C(=O)c2ccco2)CC1. The van der Waals surface area contributed by atoms with Crippen LogP contribution < -0.4 is 5.32 Å². The average Bonchev–Trinajstić information content (AvgIpc) is 3.33. The van der Waals surface area contributed by atoms with Gasteiger partial charge in [-0.05, 0) is 29.8 Å². The molecular weight excluding hydrogens is 372 g/mol. The summed E-state index contributed by atoms with van der Waals surface area (Å²) in [6.07, 6.45) is 6.50. The number of carbonyl (C=O) groups excluding carboxylic acids is 2. The Morgan fingerprint density at radius 3 is 2.48 bits per heavy atom. The standard InChI is InChI=1S/C20H20N6O3/c27-18(25-8-10-26(11-9-25)19(28)17-4-2-12-29-17)16-5-7-22-20(24-16)23-14-15-3-1-6-21-13-15/h1-7,12-13H,8-11,14H2,(H,22,23,24). The molecule has 3 aromatic rings. The van der Waals surface area contributed by atoms with Crippen LogP contribution in [0.2, 0.25) is 0 Å². The number of nitrogens with zero attached hydrogens (tertiary/aromatic N) is 5. The fourth-order valence-electron chi connectivity index (χ4n) is 3.08. The van der Waals surface area contributed by atoms with Crippen molar-refractivity contribution in [3.8, 4) is 0 Å². The largest absolute Gasteiger partial charge is 0.459 e. The van der Waals surface area contributed by atoms with Crippen LogP contribution in [-0.2, 0) is 6.54 Å². The number of hydrogen-bond donors (Lipinski definition) is 1. The van der Waals surface area contributed by atoms with Gasteiger partial charge in [0.2, 0.25) is 5.95 Å². The van der Waals surface area contributed by atoms with Gasteiger partial charge < -0.3 is 19.5 Å². The highest BCUT2D eigenvalue weighted by Crippen LogP contribution is 2.12. The number of furan rings is 1. The van der Waals surface area contributed by atoms with E-state index in [4.69, 9.17) is 4.42 Å². The lowest BCUT2D eigenvalue weighted by atomic mass is 10.2. The van der Waals surface area contributed by atoms with Gasteiger partial charge in [-0.1, -0.05) is 6.07 Å². The molecule has 0 spiro atoms. The van der Waals surface area contributed by atoms with Crippen LogP contribution >= 0.6 is 0 Å². The van der Waals surface area contributed by atoms with Crippen LogP contribution in [-0.4, -0.2) is 62.7 Å². The van der Waals surface area contributed by atoms with E-state index in [0.29, 0.717) is 50.1 Å². The Bertz CT molecular complexity index is 969. The van der Waals surface area contributed by atoms with Crippen LogP contribution in [0.15, 0.2) is 59.6 Å². The number of piperazine rings is 1. The topological polar surface area (TPSA) is 104 Å². The predicted molar refractivity (Wildman–Crippen MR) is 104 cm³/mol. The second-order valence-electron chi connectivity index (χ2n) is 6.54. The maximum absolute atomic E-state index is 12.8. The quantitative estimate of drug-likeness (QED) is 0.704. The third-order valence-corrected chi connectivity index (χ3v) is 4.63. The lowest BCUT2D eigenvalue weighted by Crippen LogP contribution is -2.50. The molecule has 1 aliphatic rings.